The van der Waals surface area contributed by atoms with Crippen LogP contribution in [0.25, 0.3) is 0 Å². The van der Waals surface area contributed by atoms with Crippen molar-refractivity contribution in [3.8, 4) is 0 Å². The largest absolute Gasteiger partial charge is 0.459 e. The van der Waals surface area contributed by atoms with Crippen molar-refractivity contribution in [1.29, 1.82) is 0 Å². The van der Waals surface area contributed by atoms with Crippen LogP contribution in [0.4, 0.5) is 0 Å². The highest BCUT2D eigenvalue weighted by Crippen LogP contribution is 2.19. The summed E-state index contributed by atoms with van der Waals surface area (Å²) in [6, 6.07) is 0. The van der Waals surface area contributed by atoms with Crippen molar-refractivity contribution in [1.82, 2.24) is 0 Å². The van der Waals surface area contributed by atoms with Crippen molar-refractivity contribution in [2.24, 2.45) is 11.8 Å². The van der Waals surface area contributed by atoms with Gasteiger partial charge in [0.2, 0.25) is 0 Å². The van der Waals surface area contributed by atoms with E-state index in [1.54, 1.807) is 6.08 Å². The summed E-state index contributed by atoms with van der Waals surface area (Å²) in [5.74, 6) is 0.565. The first-order valence-corrected chi connectivity index (χ1v) is 5.36. The summed E-state index contributed by atoms with van der Waals surface area (Å²) >= 11 is 0. The zero-order valence-electron chi connectivity index (χ0n) is 9.91. The van der Waals surface area contributed by atoms with E-state index in [0.29, 0.717) is 11.8 Å². The Bertz CT molecular complexity index is 194. The average Bonchev–Trinajstić information content (AvgIpc) is 2.13. The smallest absolute Gasteiger partial charge is 0.330 e. The Kier molecular flexibility index (Phi) is 6.26. The van der Waals surface area contributed by atoms with Crippen LogP contribution in [-0.4, -0.2) is 12.1 Å². The topological polar surface area (TPSA) is 26.3 Å². The van der Waals surface area contributed by atoms with Gasteiger partial charge >= 0.3 is 5.97 Å². The Balaban J connectivity index is 4.30. The number of hydrogen-bond acceptors (Lipinski definition) is 2. The molecular weight excluding hydrogens is 176 g/mol. The first-order chi connectivity index (χ1) is 6.52. The lowest BCUT2D eigenvalue weighted by atomic mass is 9.93. The Morgan fingerprint density at radius 2 is 1.93 bits per heavy atom. The van der Waals surface area contributed by atoms with E-state index >= 15 is 0 Å². The molecule has 0 saturated heterocycles. The van der Waals surface area contributed by atoms with Crippen LogP contribution in [0.5, 0.6) is 0 Å². The first kappa shape index (κ1) is 13.2. The first-order valence-electron chi connectivity index (χ1n) is 5.36. The molecular formula is C12H22O2. The maximum atomic E-state index is 11.3. The summed E-state index contributed by atoms with van der Waals surface area (Å²) in [6.07, 6.45) is 4.24. The summed E-state index contributed by atoms with van der Waals surface area (Å²) in [6.45, 7) is 10.2. The molecule has 0 fully saturated rings. The Morgan fingerprint density at radius 3 is 2.29 bits per heavy atom. The van der Waals surface area contributed by atoms with Crippen molar-refractivity contribution in [3.63, 3.8) is 0 Å². The van der Waals surface area contributed by atoms with E-state index in [4.69, 9.17) is 4.74 Å². The second-order valence-corrected chi connectivity index (χ2v) is 4.03. The van der Waals surface area contributed by atoms with Crippen molar-refractivity contribution in [2.75, 3.05) is 0 Å². The molecule has 2 heteroatoms. The lowest BCUT2D eigenvalue weighted by molar-refractivity contribution is -0.148. The summed E-state index contributed by atoms with van der Waals surface area (Å²) < 4.78 is 5.38. The van der Waals surface area contributed by atoms with E-state index in [2.05, 4.69) is 27.7 Å². The van der Waals surface area contributed by atoms with Crippen LogP contribution in [0.1, 0.15) is 41.0 Å². The maximum absolute atomic E-state index is 11.3. The highest BCUT2D eigenvalue weighted by molar-refractivity contribution is 5.81. The number of allylic oxidation sites excluding steroid dienone is 1. The molecule has 0 saturated carbocycles. The van der Waals surface area contributed by atoms with Crippen LogP contribution in [0, 0.1) is 11.8 Å². The van der Waals surface area contributed by atoms with Gasteiger partial charge in [0.15, 0.2) is 0 Å². The zero-order valence-corrected chi connectivity index (χ0v) is 9.91. The van der Waals surface area contributed by atoms with Crippen LogP contribution in [0.3, 0.4) is 0 Å². The molecule has 0 aliphatic heterocycles. The normalized spacial score (nSPS) is 15.9. The fourth-order valence-electron chi connectivity index (χ4n) is 1.45. The van der Waals surface area contributed by atoms with Gasteiger partial charge in [-0.15, -0.1) is 0 Å². The Labute approximate surface area is 87.3 Å². The molecule has 0 heterocycles. The van der Waals surface area contributed by atoms with Crippen molar-refractivity contribution >= 4 is 5.97 Å². The monoisotopic (exact) mass is 198 g/mol. The van der Waals surface area contributed by atoms with Crippen LogP contribution in [-0.2, 0) is 9.53 Å². The van der Waals surface area contributed by atoms with Crippen molar-refractivity contribution < 1.29 is 9.53 Å². The van der Waals surface area contributed by atoms with Crippen molar-refractivity contribution in [3.05, 3.63) is 12.2 Å². The molecule has 2 atom stereocenters. The molecule has 0 bridgehead atoms. The minimum atomic E-state index is -0.230. The molecule has 82 valence electrons. The van der Waals surface area contributed by atoms with E-state index in [0.717, 1.165) is 6.42 Å². The van der Waals surface area contributed by atoms with Gasteiger partial charge in [-0.1, -0.05) is 40.2 Å². The minimum Gasteiger partial charge on any atom is -0.459 e. The Morgan fingerprint density at radius 1 is 1.36 bits per heavy atom. The molecule has 0 amide bonds. The molecule has 0 spiro atoms. The SMILES string of the molecule is C/C=C/C(=O)O[C@@H](C(C)C)[C@@H](C)CC. The molecule has 0 aromatic rings. The molecule has 0 aromatic heterocycles. The standard InChI is InChI=1S/C12H22O2/c1-6-8-11(13)14-12(9(3)4)10(5)7-2/h6,8-10,12H,7H2,1-5H3/b8-6+/t10-,12-/m0/s1. The summed E-state index contributed by atoms with van der Waals surface area (Å²) in [5, 5.41) is 0. The van der Waals surface area contributed by atoms with Gasteiger partial charge < -0.3 is 4.74 Å². The number of ether oxygens (including phenoxy) is 1. The fourth-order valence-corrected chi connectivity index (χ4v) is 1.45. The molecule has 0 aromatic carbocycles. The van der Waals surface area contributed by atoms with Gasteiger partial charge in [-0.25, -0.2) is 4.79 Å². The number of rotatable bonds is 5. The fraction of sp³-hybridized carbons (Fsp3) is 0.750. The van der Waals surface area contributed by atoms with E-state index in [1.165, 1.54) is 6.08 Å². The van der Waals surface area contributed by atoms with Crippen LogP contribution in [0.2, 0.25) is 0 Å². The van der Waals surface area contributed by atoms with Crippen LogP contribution < -0.4 is 0 Å². The van der Waals surface area contributed by atoms with Gasteiger partial charge in [0.1, 0.15) is 6.10 Å². The molecule has 0 N–H and O–H groups in total. The van der Waals surface area contributed by atoms with Gasteiger partial charge in [0.25, 0.3) is 0 Å². The van der Waals surface area contributed by atoms with Gasteiger partial charge in [-0.05, 0) is 18.8 Å². The molecule has 0 rings (SSSR count). The number of hydrogen-bond donors (Lipinski definition) is 0. The van der Waals surface area contributed by atoms with E-state index in [9.17, 15) is 4.79 Å². The third-order valence-corrected chi connectivity index (χ3v) is 2.42. The number of esters is 1. The summed E-state index contributed by atoms with van der Waals surface area (Å²) in [5.41, 5.74) is 0. The van der Waals surface area contributed by atoms with Crippen molar-refractivity contribution in [2.45, 2.75) is 47.1 Å². The molecule has 0 radical (unpaired) electrons. The molecule has 0 aliphatic rings. The number of carbonyl (C=O) groups excluding carboxylic acids is 1. The zero-order chi connectivity index (χ0) is 11.1. The van der Waals surface area contributed by atoms with E-state index < -0.39 is 0 Å². The lowest BCUT2D eigenvalue weighted by Crippen LogP contribution is -2.29. The summed E-state index contributed by atoms with van der Waals surface area (Å²) in [4.78, 5) is 11.3. The van der Waals surface area contributed by atoms with Gasteiger partial charge in [-0.2, -0.15) is 0 Å². The average molecular weight is 198 g/mol. The van der Waals surface area contributed by atoms with E-state index in [-0.39, 0.29) is 12.1 Å². The van der Waals surface area contributed by atoms with Crippen LogP contribution in [0.15, 0.2) is 12.2 Å². The molecule has 14 heavy (non-hydrogen) atoms. The Hall–Kier alpha value is -0.790. The minimum absolute atomic E-state index is 0.0312. The molecule has 0 aliphatic carbocycles. The van der Waals surface area contributed by atoms with Gasteiger partial charge in [0, 0.05) is 6.08 Å². The molecule has 0 unspecified atom stereocenters. The maximum Gasteiger partial charge on any atom is 0.330 e. The van der Waals surface area contributed by atoms with Gasteiger partial charge in [0.05, 0.1) is 0 Å². The quantitative estimate of drug-likeness (QED) is 0.501. The highest BCUT2D eigenvalue weighted by Gasteiger charge is 2.22. The summed E-state index contributed by atoms with van der Waals surface area (Å²) in [7, 11) is 0. The predicted molar refractivity (Wildman–Crippen MR) is 59.0 cm³/mol. The molecule has 2 nitrogen and oxygen atoms in total. The van der Waals surface area contributed by atoms with E-state index in [1.807, 2.05) is 6.92 Å². The second-order valence-electron chi connectivity index (χ2n) is 4.03. The van der Waals surface area contributed by atoms with Gasteiger partial charge in [-0.3, -0.25) is 0 Å². The highest BCUT2D eigenvalue weighted by atomic mass is 16.5. The third kappa shape index (κ3) is 4.45. The van der Waals surface area contributed by atoms with Crippen LogP contribution >= 0.6 is 0 Å². The lowest BCUT2D eigenvalue weighted by Gasteiger charge is -2.26. The number of carbonyl (C=O) groups is 1. The third-order valence-electron chi connectivity index (χ3n) is 2.42. The second kappa shape index (κ2) is 6.63. The predicted octanol–water partition coefficient (Wildman–Crippen LogP) is 3.18.